The summed E-state index contributed by atoms with van der Waals surface area (Å²) in [7, 11) is 1.71. The highest BCUT2D eigenvalue weighted by Crippen LogP contribution is 2.23. The number of para-hydroxylation sites is 2. The molecule has 0 heterocycles. The summed E-state index contributed by atoms with van der Waals surface area (Å²) in [5.74, 6) is 2.75. The monoisotopic (exact) mass is 354 g/mol. The smallest absolute Gasteiger partial charge is 0.127 e. The molecule has 0 saturated carbocycles. The van der Waals surface area contributed by atoms with Gasteiger partial charge in [0.25, 0.3) is 0 Å². The molecule has 0 N–H and O–H groups in total. The molecule has 3 heteroatoms. The number of aryl methyl sites for hydroxylation is 3. The lowest BCUT2D eigenvalue weighted by molar-refractivity contribution is 0.408. The Bertz CT molecular complexity index is 695. The second kappa shape index (κ2) is 10.5. The zero-order valence-corrected chi connectivity index (χ0v) is 16.9. The van der Waals surface area contributed by atoms with Crippen molar-refractivity contribution in [3.8, 4) is 17.2 Å². The van der Waals surface area contributed by atoms with E-state index < -0.39 is 0 Å². The number of rotatable bonds is 3. The molecule has 0 amide bonds. The molecule has 0 aliphatic rings. The number of ether oxygens (including phenoxy) is 2. The van der Waals surface area contributed by atoms with Crippen LogP contribution in [0.3, 0.4) is 0 Å². The summed E-state index contributed by atoms with van der Waals surface area (Å²) < 4.78 is 10.8. The second-order valence-corrected chi connectivity index (χ2v) is 5.66. The molecule has 2 nitrogen and oxygen atoms in total. The van der Waals surface area contributed by atoms with Gasteiger partial charge in [-0.15, -0.1) is 0 Å². The molecule has 3 rings (SSSR count). The van der Waals surface area contributed by atoms with Gasteiger partial charge in [0, 0.05) is 0 Å². The summed E-state index contributed by atoms with van der Waals surface area (Å²) in [5.41, 5.74) is 3.72. The van der Waals surface area contributed by atoms with Gasteiger partial charge in [-0.1, -0.05) is 54.1 Å². The molecule has 0 saturated heterocycles. The number of hydrogen-bond acceptors (Lipinski definition) is 2. The van der Waals surface area contributed by atoms with Crippen molar-refractivity contribution >= 4 is 9.90 Å². The van der Waals surface area contributed by atoms with Crippen molar-refractivity contribution in [3.05, 3.63) is 89.5 Å². The highest BCUT2D eigenvalue weighted by atomic mass is 31.0. The van der Waals surface area contributed by atoms with Crippen LogP contribution in [0.25, 0.3) is 0 Å². The Labute approximate surface area is 154 Å². The van der Waals surface area contributed by atoms with Gasteiger partial charge >= 0.3 is 0 Å². The fraction of sp³-hybridized carbons (Fsp3) is 0.182. The third kappa shape index (κ3) is 6.60. The van der Waals surface area contributed by atoms with Crippen LogP contribution in [0.5, 0.6) is 17.2 Å². The van der Waals surface area contributed by atoms with Crippen molar-refractivity contribution in [2.24, 2.45) is 0 Å². The Hall–Kier alpha value is -2.31. The van der Waals surface area contributed by atoms with Gasteiger partial charge in [0.1, 0.15) is 17.2 Å². The van der Waals surface area contributed by atoms with E-state index in [0.29, 0.717) is 0 Å². The van der Waals surface area contributed by atoms with Gasteiger partial charge in [-0.2, -0.15) is 9.90 Å². The fourth-order valence-electron chi connectivity index (χ4n) is 2.60. The van der Waals surface area contributed by atoms with E-state index in [9.17, 15) is 0 Å². The van der Waals surface area contributed by atoms with Crippen LogP contribution in [-0.2, 0) is 0 Å². The lowest BCUT2D eigenvalue weighted by Gasteiger charge is -2.08. The van der Waals surface area contributed by atoms with Crippen LogP contribution in [0.2, 0.25) is 0 Å². The summed E-state index contributed by atoms with van der Waals surface area (Å²) in [4.78, 5) is 0. The molecule has 0 aromatic heterocycles. The van der Waals surface area contributed by atoms with Crippen LogP contribution in [0.4, 0.5) is 0 Å². The molecular formula is C22H27O2P. The third-order valence-electron chi connectivity index (χ3n) is 3.53. The Balaban J connectivity index is 0.000000244. The van der Waals surface area contributed by atoms with Gasteiger partial charge in [-0.3, -0.25) is 0 Å². The quantitative estimate of drug-likeness (QED) is 0.525. The van der Waals surface area contributed by atoms with Crippen LogP contribution in [0, 0.1) is 20.8 Å². The summed E-state index contributed by atoms with van der Waals surface area (Å²) in [6.45, 7) is 6.23. The molecule has 132 valence electrons. The van der Waals surface area contributed by atoms with Crippen LogP contribution in [0.15, 0.2) is 72.8 Å². The molecule has 1 unspecified atom stereocenters. The summed E-state index contributed by atoms with van der Waals surface area (Å²) in [6.07, 6.45) is 0. The van der Waals surface area contributed by atoms with Crippen molar-refractivity contribution in [2.75, 3.05) is 7.11 Å². The van der Waals surface area contributed by atoms with Crippen molar-refractivity contribution in [1.82, 2.24) is 0 Å². The Morgan fingerprint density at radius 1 is 0.640 bits per heavy atom. The molecule has 0 spiro atoms. The molecule has 0 aliphatic heterocycles. The van der Waals surface area contributed by atoms with Crippen molar-refractivity contribution in [1.29, 1.82) is 0 Å². The van der Waals surface area contributed by atoms with Gasteiger partial charge < -0.3 is 9.47 Å². The van der Waals surface area contributed by atoms with Crippen molar-refractivity contribution in [2.45, 2.75) is 20.8 Å². The topological polar surface area (TPSA) is 18.5 Å². The first-order valence-electron chi connectivity index (χ1n) is 8.00. The molecule has 3 aromatic rings. The van der Waals surface area contributed by atoms with Crippen LogP contribution in [0.1, 0.15) is 16.7 Å². The molecular weight excluding hydrogens is 327 g/mol. The Morgan fingerprint density at radius 3 is 1.40 bits per heavy atom. The maximum Gasteiger partial charge on any atom is 0.127 e. The first-order valence-corrected chi connectivity index (χ1v) is 8.00. The predicted molar refractivity (Wildman–Crippen MR) is 111 cm³/mol. The molecule has 0 aliphatic carbocycles. The highest BCUT2D eigenvalue weighted by Gasteiger charge is 2.01. The largest absolute Gasteiger partial charge is 0.496 e. The van der Waals surface area contributed by atoms with Gasteiger partial charge in [0.2, 0.25) is 0 Å². The van der Waals surface area contributed by atoms with E-state index in [1.54, 1.807) is 7.11 Å². The van der Waals surface area contributed by atoms with Crippen LogP contribution >= 0.6 is 9.90 Å². The van der Waals surface area contributed by atoms with E-state index in [1.165, 1.54) is 16.7 Å². The summed E-state index contributed by atoms with van der Waals surface area (Å²) >= 11 is 0. The van der Waals surface area contributed by atoms with E-state index >= 15 is 0 Å². The maximum absolute atomic E-state index is 5.58. The van der Waals surface area contributed by atoms with Gasteiger partial charge in [-0.05, 0) is 56.2 Å². The van der Waals surface area contributed by atoms with E-state index in [0.717, 1.165) is 17.2 Å². The minimum Gasteiger partial charge on any atom is -0.496 e. The predicted octanol–water partition coefficient (Wildman–Crippen LogP) is 6.16. The SMILES string of the molecule is COc1c(C)cc(C)cc1C.P.c1ccc(Oc2ccccc2)cc1. The van der Waals surface area contributed by atoms with Crippen molar-refractivity contribution in [3.63, 3.8) is 0 Å². The second-order valence-electron chi connectivity index (χ2n) is 5.66. The zero-order valence-electron chi connectivity index (χ0n) is 15.5. The zero-order chi connectivity index (χ0) is 17.4. The average Bonchev–Trinajstić information content (AvgIpc) is 2.57. The van der Waals surface area contributed by atoms with Gasteiger partial charge in [0.05, 0.1) is 7.11 Å². The maximum atomic E-state index is 5.58. The molecule has 0 bridgehead atoms. The van der Waals surface area contributed by atoms with E-state index in [-0.39, 0.29) is 9.90 Å². The standard InChI is InChI=1S/C12H10O.C10H14O.H3P/c1-3-7-11(8-4-1)13-12-9-5-2-6-10-12;1-7-5-8(2)10(11-4)9(3)6-7;/h1-10H;5-6H,1-4H3;1H3. The first kappa shape index (κ1) is 20.7. The summed E-state index contributed by atoms with van der Waals surface area (Å²) in [6, 6.07) is 23.8. The average molecular weight is 354 g/mol. The minimum atomic E-state index is 0. The Morgan fingerprint density at radius 2 is 1.04 bits per heavy atom. The van der Waals surface area contributed by atoms with Crippen LogP contribution in [-0.4, -0.2) is 7.11 Å². The lowest BCUT2D eigenvalue weighted by Crippen LogP contribution is -1.91. The minimum absolute atomic E-state index is 0. The van der Waals surface area contributed by atoms with Gasteiger partial charge in [-0.25, -0.2) is 0 Å². The normalized spacial score (nSPS) is 9.28. The molecule has 0 fully saturated rings. The van der Waals surface area contributed by atoms with E-state index in [2.05, 4.69) is 32.9 Å². The number of benzene rings is 3. The fourth-order valence-corrected chi connectivity index (χ4v) is 2.60. The van der Waals surface area contributed by atoms with Crippen LogP contribution < -0.4 is 9.47 Å². The third-order valence-corrected chi connectivity index (χ3v) is 3.53. The highest BCUT2D eigenvalue weighted by molar-refractivity contribution is 6.92. The number of hydrogen-bond donors (Lipinski definition) is 0. The first-order chi connectivity index (χ1) is 11.6. The Kier molecular flexibility index (Phi) is 8.74. The molecule has 3 aromatic carbocycles. The molecule has 0 radical (unpaired) electrons. The van der Waals surface area contributed by atoms with Crippen molar-refractivity contribution < 1.29 is 9.47 Å². The molecule has 25 heavy (non-hydrogen) atoms. The number of methoxy groups -OCH3 is 1. The molecule has 1 atom stereocenters. The summed E-state index contributed by atoms with van der Waals surface area (Å²) in [5, 5.41) is 0. The van der Waals surface area contributed by atoms with Gasteiger partial charge in [0.15, 0.2) is 0 Å². The van der Waals surface area contributed by atoms with E-state index in [4.69, 9.17) is 9.47 Å². The van der Waals surface area contributed by atoms with E-state index in [1.807, 2.05) is 60.7 Å². The lowest BCUT2D eigenvalue weighted by atomic mass is 10.1.